The van der Waals surface area contributed by atoms with Crippen molar-refractivity contribution in [2.24, 2.45) is 0 Å². The zero-order chi connectivity index (χ0) is 37.8. The van der Waals surface area contributed by atoms with E-state index in [2.05, 4.69) is 0 Å². The normalized spacial score (nSPS) is 12.7. The number of oxazole rings is 1. The summed E-state index contributed by atoms with van der Waals surface area (Å²) in [7, 11) is 1.17. The van der Waals surface area contributed by atoms with Crippen molar-refractivity contribution in [2.75, 3.05) is 7.11 Å². The number of hydrogen-bond donors (Lipinski definition) is 1. The van der Waals surface area contributed by atoms with Crippen LogP contribution < -0.4 is 10.5 Å². The Morgan fingerprint density at radius 1 is 0.647 bits per heavy atom. The molecule has 51 heavy (non-hydrogen) atoms. The Bertz CT molecular complexity index is 2140. The highest BCUT2D eigenvalue weighted by Gasteiger charge is 2.38. The van der Waals surface area contributed by atoms with Gasteiger partial charge in [-0.3, -0.25) is 4.57 Å². The third-order valence-electron chi connectivity index (χ3n) is 7.86. The van der Waals surface area contributed by atoms with E-state index in [0.717, 1.165) is 25.1 Å². The Kier molecular flexibility index (Phi) is 9.24. The van der Waals surface area contributed by atoms with Crippen LogP contribution in [0.1, 0.15) is 33.5 Å². The number of phenols is 1. The molecule has 270 valence electrons. The van der Waals surface area contributed by atoms with Gasteiger partial charge in [-0.25, -0.2) is 4.79 Å². The van der Waals surface area contributed by atoms with Crippen molar-refractivity contribution in [2.45, 2.75) is 38.2 Å². The van der Waals surface area contributed by atoms with E-state index in [1.54, 1.807) is 0 Å². The molecule has 0 amide bonds. The summed E-state index contributed by atoms with van der Waals surface area (Å²) in [5.74, 6) is -2.80. The molecule has 1 N–H and O–H groups in total. The number of methoxy groups -OCH3 is 1. The molecule has 0 spiro atoms. The van der Waals surface area contributed by atoms with E-state index in [1.807, 2.05) is 0 Å². The van der Waals surface area contributed by atoms with Gasteiger partial charge in [0.25, 0.3) is 0 Å². The second-order valence-electron chi connectivity index (χ2n) is 11.2. The first-order valence-corrected chi connectivity index (χ1v) is 14.3. The van der Waals surface area contributed by atoms with Gasteiger partial charge in [-0.15, -0.1) is 0 Å². The molecule has 1 heterocycles. The van der Waals surface area contributed by atoms with Gasteiger partial charge in [-0.2, -0.15) is 52.7 Å². The number of benzene rings is 4. The second kappa shape index (κ2) is 12.8. The first-order valence-electron chi connectivity index (χ1n) is 14.3. The van der Waals surface area contributed by atoms with Crippen LogP contribution >= 0.6 is 0 Å². The number of nitrogens with zero attached hydrogens (tertiary/aromatic N) is 1. The largest absolute Gasteiger partial charge is 0.508 e. The van der Waals surface area contributed by atoms with E-state index in [1.165, 1.54) is 25.3 Å². The zero-order valence-corrected chi connectivity index (χ0v) is 25.8. The van der Waals surface area contributed by atoms with Gasteiger partial charge in [0.1, 0.15) is 11.5 Å². The molecule has 5 aromatic rings. The summed E-state index contributed by atoms with van der Waals surface area (Å²) in [6.45, 7) is 0.296. The van der Waals surface area contributed by atoms with Crippen molar-refractivity contribution >= 4 is 0 Å². The van der Waals surface area contributed by atoms with Crippen LogP contribution in [-0.4, -0.2) is 16.8 Å². The molecule has 0 saturated heterocycles. The van der Waals surface area contributed by atoms with Crippen LogP contribution in [0, 0.1) is 6.92 Å². The third-order valence-corrected chi connectivity index (χ3v) is 7.86. The van der Waals surface area contributed by atoms with E-state index in [0.29, 0.717) is 34.9 Å². The molecule has 0 aliphatic heterocycles. The Labute approximate surface area is 278 Å². The molecule has 0 unspecified atom stereocenters. The molecule has 0 fully saturated rings. The number of hydrogen-bond acceptors (Lipinski definition) is 4. The molecule has 0 saturated carbocycles. The van der Waals surface area contributed by atoms with E-state index in [9.17, 15) is 62.6 Å². The number of ether oxygens (including phenoxy) is 1. The summed E-state index contributed by atoms with van der Waals surface area (Å²) in [5, 5.41) is 9.70. The number of aromatic nitrogens is 1. The van der Waals surface area contributed by atoms with E-state index in [-0.39, 0.29) is 39.8 Å². The lowest BCUT2D eigenvalue weighted by molar-refractivity contribution is -0.143. The lowest BCUT2D eigenvalue weighted by atomic mass is 9.92. The van der Waals surface area contributed by atoms with Crippen molar-refractivity contribution < 1.29 is 66.9 Å². The molecule has 0 aliphatic rings. The molecule has 1 aromatic heterocycles. The van der Waals surface area contributed by atoms with Crippen LogP contribution in [0.3, 0.4) is 0 Å². The molecule has 0 radical (unpaired) electrons. The van der Waals surface area contributed by atoms with Gasteiger partial charge in [0.15, 0.2) is 5.76 Å². The number of halogens is 12. The molecule has 4 aromatic carbocycles. The van der Waals surface area contributed by atoms with Crippen LogP contribution in [-0.2, 0) is 31.2 Å². The highest BCUT2D eigenvalue weighted by molar-refractivity contribution is 5.81. The monoisotopic (exact) mass is 735 g/mol. The SMILES string of the molecule is COc1ccc(-c2ccc(O)cc2C(F)(F)F)cc1-c1ccc(C(F)(F)F)cc1Cn1c(C)c(-c2cc(C(F)(F)F)cc(C(F)(F)F)c2)oc1=O. The van der Waals surface area contributed by atoms with Gasteiger partial charge in [0.05, 0.1) is 41.6 Å². The average molecular weight is 736 g/mol. The fourth-order valence-electron chi connectivity index (χ4n) is 5.45. The molecule has 0 bridgehead atoms. The maximum atomic E-state index is 13.9. The number of alkyl halides is 12. The smallest absolute Gasteiger partial charge is 0.420 e. The van der Waals surface area contributed by atoms with Gasteiger partial charge < -0.3 is 14.3 Å². The van der Waals surface area contributed by atoms with E-state index >= 15 is 0 Å². The number of rotatable bonds is 6. The molecule has 0 aliphatic carbocycles. The average Bonchev–Trinajstić information content (AvgIpc) is 3.31. The standard InChI is InChI=1S/C34H21F12NO4/c1-16-29(18-9-21(32(38,39)40)13-22(10-18)33(41,42)43)51-30(49)47(16)15-19-11-20(31(35,36)37)4-6-24(19)26-12-17(3-8-28(26)50-2)25-7-5-23(48)14-27(25)34(44,45)46/h3-14,48H,15H2,1-2H3. The quantitative estimate of drug-likeness (QED) is 0.176. The van der Waals surface area contributed by atoms with Crippen LogP contribution in [0.15, 0.2) is 82.0 Å². The van der Waals surface area contributed by atoms with E-state index in [4.69, 9.17) is 9.15 Å². The van der Waals surface area contributed by atoms with Crippen LogP contribution in [0.2, 0.25) is 0 Å². The highest BCUT2D eigenvalue weighted by atomic mass is 19.4. The predicted molar refractivity (Wildman–Crippen MR) is 158 cm³/mol. The van der Waals surface area contributed by atoms with Gasteiger partial charge >= 0.3 is 30.5 Å². The highest BCUT2D eigenvalue weighted by Crippen LogP contribution is 2.44. The topological polar surface area (TPSA) is 64.6 Å². The van der Waals surface area contributed by atoms with Crippen molar-refractivity contribution in [1.82, 2.24) is 4.57 Å². The molecule has 0 atom stereocenters. The van der Waals surface area contributed by atoms with Gasteiger partial charge in [0.2, 0.25) is 0 Å². The van der Waals surface area contributed by atoms with Crippen molar-refractivity contribution in [3.8, 4) is 45.1 Å². The summed E-state index contributed by atoms with van der Waals surface area (Å²) in [4.78, 5) is 13.0. The Morgan fingerprint density at radius 3 is 1.78 bits per heavy atom. The van der Waals surface area contributed by atoms with Crippen molar-refractivity contribution in [3.05, 3.63) is 117 Å². The minimum absolute atomic E-state index is 0.0345. The van der Waals surface area contributed by atoms with Gasteiger partial charge in [0, 0.05) is 11.1 Å². The number of aromatic hydroxyl groups is 1. The van der Waals surface area contributed by atoms with Crippen LogP contribution in [0.4, 0.5) is 52.7 Å². The van der Waals surface area contributed by atoms with Crippen LogP contribution in [0.25, 0.3) is 33.6 Å². The lowest BCUT2D eigenvalue weighted by Crippen LogP contribution is -2.17. The fourth-order valence-corrected chi connectivity index (χ4v) is 5.45. The summed E-state index contributed by atoms with van der Waals surface area (Å²) < 4.78 is 176. The Balaban J connectivity index is 1.71. The third kappa shape index (κ3) is 7.56. The number of phenolic OH excluding ortho intramolecular Hbond substituents is 1. The molecule has 5 rings (SSSR count). The fraction of sp³-hybridized carbons (Fsp3) is 0.206. The minimum Gasteiger partial charge on any atom is -0.508 e. The van der Waals surface area contributed by atoms with Gasteiger partial charge in [-0.05, 0) is 83.8 Å². The van der Waals surface area contributed by atoms with Crippen molar-refractivity contribution in [1.29, 1.82) is 0 Å². The first kappa shape index (κ1) is 36.9. The summed E-state index contributed by atoms with van der Waals surface area (Å²) in [6, 6.07) is 8.82. The summed E-state index contributed by atoms with van der Waals surface area (Å²) >= 11 is 0. The van der Waals surface area contributed by atoms with Crippen LogP contribution in [0.5, 0.6) is 11.5 Å². The maximum Gasteiger partial charge on any atom is 0.420 e. The lowest BCUT2D eigenvalue weighted by Gasteiger charge is -2.19. The summed E-state index contributed by atoms with van der Waals surface area (Å²) in [5.41, 5.74) is -8.00. The molecule has 5 nitrogen and oxygen atoms in total. The molecular weight excluding hydrogens is 714 g/mol. The Morgan fingerprint density at radius 2 is 1.24 bits per heavy atom. The molecular formula is C34H21F12NO4. The minimum atomic E-state index is -5.24. The second-order valence-corrected chi connectivity index (χ2v) is 11.2. The first-order chi connectivity index (χ1) is 23.5. The maximum absolute atomic E-state index is 13.9. The predicted octanol–water partition coefficient (Wildman–Crippen LogP) is 10.6. The Hall–Kier alpha value is -5.35. The van der Waals surface area contributed by atoms with Gasteiger partial charge in [-0.1, -0.05) is 18.2 Å². The zero-order valence-electron chi connectivity index (χ0n) is 25.8. The summed E-state index contributed by atoms with van der Waals surface area (Å²) in [6.07, 6.45) is -20.4. The molecule has 17 heteroatoms. The van der Waals surface area contributed by atoms with E-state index < -0.39 is 81.9 Å². The van der Waals surface area contributed by atoms with Crippen molar-refractivity contribution in [3.63, 3.8) is 0 Å².